The zero-order chi connectivity index (χ0) is 16.2. The summed E-state index contributed by atoms with van der Waals surface area (Å²) in [4.78, 5) is 8.59. The summed E-state index contributed by atoms with van der Waals surface area (Å²) in [6.45, 7) is 0. The predicted octanol–water partition coefficient (Wildman–Crippen LogP) is 3.40. The smallest absolute Gasteiger partial charge is 0.162 e. The first-order valence-electron chi connectivity index (χ1n) is 7.03. The first-order valence-corrected chi connectivity index (χ1v) is 7.03. The second kappa shape index (κ2) is 6.39. The number of benzene rings is 2. The van der Waals surface area contributed by atoms with Crippen molar-refractivity contribution in [3.8, 4) is 17.2 Å². The van der Waals surface area contributed by atoms with Gasteiger partial charge < -0.3 is 19.5 Å². The summed E-state index contributed by atoms with van der Waals surface area (Å²) in [5.74, 6) is 2.77. The number of rotatable bonds is 5. The van der Waals surface area contributed by atoms with Crippen LogP contribution in [0.3, 0.4) is 0 Å². The lowest BCUT2D eigenvalue weighted by atomic mass is 10.2. The van der Waals surface area contributed by atoms with Crippen molar-refractivity contribution in [3.05, 3.63) is 42.7 Å². The van der Waals surface area contributed by atoms with Gasteiger partial charge in [0.1, 0.15) is 17.9 Å². The van der Waals surface area contributed by atoms with Crippen LogP contribution in [-0.4, -0.2) is 31.3 Å². The third-order valence-corrected chi connectivity index (χ3v) is 3.49. The minimum Gasteiger partial charge on any atom is -0.497 e. The fourth-order valence-electron chi connectivity index (χ4n) is 2.31. The summed E-state index contributed by atoms with van der Waals surface area (Å²) in [7, 11) is 4.84. The Bertz CT molecular complexity index is 836. The third kappa shape index (κ3) is 2.96. The molecule has 6 nitrogen and oxygen atoms in total. The van der Waals surface area contributed by atoms with Gasteiger partial charge in [-0.2, -0.15) is 0 Å². The molecule has 6 heteroatoms. The zero-order valence-electron chi connectivity index (χ0n) is 13.2. The van der Waals surface area contributed by atoms with E-state index in [9.17, 15) is 0 Å². The Kier molecular flexibility index (Phi) is 4.14. The number of hydrogen-bond acceptors (Lipinski definition) is 6. The van der Waals surface area contributed by atoms with Gasteiger partial charge in [0.05, 0.1) is 26.8 Å². The molecular formula is C17H17N3O3. The number of nitrogens with zero attached hydrogens (tertiary/aromatic N) is 2. The molecule has 0 amide bonds. The summed E-state index contributed by atoms with van der Waals surface area (Å²) >= 11 is 0. The van der Waals surface area contributed by atoms with Gasteiger partial charge in [0.25, 0.3) is 0 Å². The quantitative estimate of drug-likeness (QED) is 0.779. The Morgan fingerprint density at radius 1 is 0.826 bits per heavy atom. The fourth-order valence-corrected chi connectivity index (χ4v) is 2.31. The molecule has 0 radical (unpaired) electrons. The molecule has 0 saturated heterocycles. The average molecular weight is 311 g/mol. The molecule has 0 bridgehead atoms. The molecule has 0 fully saturated rings. The normalized spacial score (nSPS) is 10.4. The van der Waals surface area contributed by atoms with E-state index in [1.54, 1.807) is 21.3 Å². The van der Waals surface area contributed by atoms with Gasteiger partial charge in [-0.25, -0.2) is 9.97 Å². The number of aromatic nitrogens is 2. The minimum absolute atomic E-state index is 0.647. The lowest BCUT2D eigenvalue weighted by Crippen LogP contribution is -1.98. The maximum Gasteiger partial charge on any atom is 0.162 e. The highest BCUT2D eigenvalue weighted by molar-refractivity contribution is 5.91. The average Bonchev–Trinajstić information content (AvgIpc) is 2.61. The number of fused-ring (bicyclic) bond motifs is 1. The molecular weight excluding hydrogens is 294 g/mol. The number of anilines is 2. The first-order chi connectivity index (χ1) is 11.2. The van der Waals surface area contributed by atoms with E-state index >= 15 is 0 Å². The Hall–Kier alpha value is -3.02. The van der Waals surface area contributed by atoms with Crippen molar-refractivity contribution in [2.45, 2.75) is 0 Å². The molecule has 2 aromatic carbocycles. The van der Waals surface area contributed by atoms with Crippen LogP contribution in [0.25, 0.3) is 10.9 Å². The standard InChI is InChI=1S/C17H17N3O3/c1-21-12-5-6-14-13(9-12)17(19-10-18-14)20-11-4-7-15(22-2)16(8-11)23-3/h4-10H,1-3H3,(H,18,19,20). The van der Waals surface area contributed by atoms with Crippen LogP contribution < -0.4 is 19.5 Å². The monoisotopic (exact) mass is 311 g/mol. The lowest BCUT2D eigenvalue weighted by Gasteiger charge is -2.12. The second-order valence-corrected chi connectivity index (χ2v) is 4.80. The molecule has 3 aromatic rings. The summed E-state index contributed by atoms with van der Waals surface area (Å²) in [6, 6.07) is 11.3. The SMILES string of the molecule is COc1ccc2ncnc(Nc3ccc(OC)c(OC)c3)c2c1. The minimum atomic E-state index is 0.647. The summed E-state index contributed by atoms with van der Waals surface area (Å²) in [6.07, 6.45) is 1.53. The largest absolute Gasteiger partial charge is 0.497 e. The van der Waals surface area contributed by atoms with Crippen molar-refractivity contribution in [2.24, 2.45) is 0 Å². The van der Waals surface area contributed by atoms with Crippen LogP contribution in [0, 0.1) is 0 Å². The Balaban J connectivity index is 2.01. The van der Waals surface area contributed by atoms with Crippen molar-refractivity contribution in [3.63, 3.8) is 0 Å². The number of ether oxygens (including phenoxy) is 3. The number of nitrogens with one attached hydrogen (secondary N) is 1. The molecule has 1 N–H and O–H groups in total. The van der Waals surface area contributed by atoms with Crippen molar-refractivity contribution in [1.82, 2.24) is 9.97 Å². The molecule has 1 heterocycles. The molecule has 3 rings (SSSR count). The third-order valence-electron chi connectivity index (χ3n) is 3.49. The molecule has 0 aliphatic rings. The van der Waals surface area contributed by atoms with Crippen LogP contribution in [0.1, 0.15) is 0 Å². The topological polar surface area (TPSA) is 65.5 Å². The van der Waals surface area contributed by atoms with E-state index in [1.807, 2.05) is 36.4 Å². The van der Waals surface area contributed by atoms with Crippen LogP contribution in [0.15, 0.2) is 42.7 Å². The van der Waals surface area contributed by atoms with Crippen LogP contribution >= 0.6 is 0 Å². The molecule has 0 saturated carbocycles. The van der Waals surface area contributed by atoms with Crippen LogP contribution in [0.2, 0.25) is 0 Å². The molecule has 0 aliphatic carbocycles. The number of methoxy groups -OCH3 is 3. The van der Waals surface area contributed by atoms with Crippen LogP contribution in [-0.2, 0) is 0 Å². The van der Waals surface area contributed by atoms with E-state index in [4.69, 9.17) is 14.2 Å². The molecule has 1 aromatic heterocycles. The van der Waals surface area contributed by atoms with Gasteiger partial charge in [-0.1, -0.05) is 0 Å². The van der Waals surface area contributed by atoms with Gasteiger partial charge in [-0.05, 0) is 30.3 Å². The highest BCUT2D eigenvalue weighted by atomic mass is 16.5. The maximum atomic E-state index is 5.32. The van der Waals surface area contributed by atoms with E-state index in [1.165, 1.54) is 6.33 Å². The first kappa shape index (κ1) is 14.9. The van der Waals surface area contributed by atoms with Crippen molar-refractivity contribution in [1.29, 1.82) is 0 Å². The van der Waals surface area contributed by atoms with Crippen molar-refractivity contribution in [2.75, 3.05) is 26.6 Å². The lowest BCUT2D eigenvalue weighted by molar-refractivity contribution is 0.355. The van der Waals surface area contributed by atoms with Gasteiger partial charge in [0, 0.05) is 17.1 Å². The Morgan fingerprint density at radius 3 is 2.39 bits per heavy atom. The maximum absolute atomic E-state index is 5.32. The molecule has 0 unspecified atom stereocenters. The van der Waals surface area contributed by atoms with E-state index in [0.29, 0.717) is 17.3 Å². The van der Waals surface area contributed by atoms with Gasteiger partial charge in [-0.3, -0.25) is 0 Å². The zero-order valence-corrected chi connectivity index (χ0v) is 13.2. The summed E-state index contributed by atoms with van der Waals surface area (Å²) < 4.78 is 15.8. The van der Waals surface area contributed by atoms with Gasteiger partial charge in [-0.15, -0.1) is 0 Å². The molecule has 118 valence electrons. The van der Waals surface area contributed by atoms with Crippen molar-refractivity contribution < 1.29 is 14.2 Å². The highest BCUT2D eigenvalue weighted by Gasteiger charge is 2.08. The van der Waals surface area contributed by atoms with Crippen molar-refractivity contribution >= 4 is 22.4 Å². The second-order valence-electron chi connectivity index (χ2n) is 4.80. The molecule has 0 spiro atoms. The van der Waals surface area contributed by atoms with Gasteiger partial charge in [0.15, 0.2) is 11.5 Å². The number of hydrogen-bond donors (Lipinski definition) is 1. The van der Waals surface area contributed by atoms with E-state index in [0.717, 1.165) is 22.3 Å². The van der Waals surface area contributed by atoms with E-state index < -0.39 is 0 Å². The van der Waals surface area contributed by atoms with Crippen LogP contribution in [0.4, 0.5) is 11.5 Å². The Morgan fingerprint density at radius 2 is 1.65 bits per heavy atom. The van der Waals surface area contributed by atoms with Crippen LogP contribution in [0.5, 0.6) is 17.2 Å². The molecule has 0 aliphatic heterocycles. The molecule has 0 atom stereocenters. The van der Waals surface area contributed by atoms with E-state index in [2.05, 4.69) is 15.3 Å². The molecule has 23 heavy (non-hydrogen) atoms. The summed E-state index contributed by atoms with van der Waals surface area (Å²) in [5, 5.41) is 4.16. The summed E-state index contributed by atoms with van der Waals surface area (Å²) in [5.41, 5.74) is 1.68. The van der Waals surface area contributed by atoms with E-state index in [-0.39, 0.29) is 0 Å². The van der Waals surface area contributed by atoms with Gasteiger partial charge >= 0.3 is 0 Å². The van der Waals surface area contributed by atoms with Gasteiger partial charge in [0.2, 0.25) is 0 Å². The Labute approximate surface area is 134 Å². The highest BCUT2D eigenvalue weighted by Crippen LogP contribution is 2.32. The fraction of sp³-hybridized carbons (Fsp3) is 0.176. The predicted molar refractivity (Wildman–Crippen MR) is 88.9 cm³/mol.